The number of amides is 1. The fourth-order valence-corrected chi connectivity index (χ4v) is 5.50. The number of thioether (sulfide) groups is 1. The summed E-state index contributed by atoms with van der Waals surface area (Å²) in [6, 6.07) is 4.25. The first-order chi connectivity index (χ1) is 13.0. The summed E-state index contributed by atoms with van der Waals surface area (Å²) in [4.78, 5) is 17.2. The Morgan fingerprint density at radius 2 is 2.17 bits per heavy atom. The van der Waals surface area contributed by atoms with Gasteiger partial charge in [-0.15, -0.1) is 17.0 Å². The summed E-state index contributed by atoms with van der Waals surface area (Å²) in [5, 5.41) is 12.0. The Morgan fingerprint density at radius 1 is 1.52 bits per heavy atom. The molecule has 0 aliphatic carbocycles. The number of carbonyl (C=O) groups is 1. The topological polar surface area (TPSA) is 108 Å². The average molecular weight is 531 g/mol. The van der Waals surface area contributed by atoms with Crippen molar-refractivity contribution in [3.63, 3.8) is 0 Å². The highest BCUT2D eigenvalue weighted by atomic mass is 79.9. The Kier molecular flexibility index (Phi) is 9.44. The number of ether oxygens (including phenoxy) is 1. The number of rotatable bonds is 7. The molecule has 164 valence electrons. The Bertz CT molecular complexity index is 884. The van der Waals surface area contributed by atoms with E-state index < -0.39 is 21.7 Å². The molecule has 2 unspecified atom stereocenters. The normalized spacial score (nSPS) is 21.7. The molecule has 1 saturated heterocycles. The standard InChI is InChI=1S/C17H24ClN3O5S2.BrH/c1-5-21-16(19-9-11(2)26-4)27-10-17(21,23)13-6-7-14(18)15(8-13)28(24,25)20-12(3)22;/h6-8,11,23H,5,9-10H2,1-4H3,(H,20,22);1H. The van der Waals surface area contributed by atoms with Gasteiger partial charge in [0.2, 0.25) is 5.91 Å². The van der Waals surface area contributed by atoms with Crippen molar-refractivity contribution >= 4 is 61.4 Å². The number of amidine groups is 1. The van der Waals surface area contributed by atoms with Crippen molar-refractivity contribution in [2.75, 3.05) is 26.0 Å². The van der Waals surface area contributed by atoms with Gasteiger partial charge in [-0.25, -0.2) is 13.1 Å². The highest BCUT2D eigenvalue weighted by molar-refractivity contribution is 8.93. The van der Waals surface area contributed by atoms with E-state index >= 15 is 0 Å². The third kappa shape index (κ3) is 5.86. The third-order valence-corrected chi connectivity index (χ3v) is 7.31. The maximum atomic E-state index is 12.4. The number of nitrogens with zero attached hydrogens (tertiary/aromatic N) is 2. The molecule has 0 bridgehead atoms. The zero-order valence-corrected chi connectivity index (χ0v) is 20.6. The largest absolute Gasteiger partial charge is 0.380 e. The van der Waals surface area contributed by atoms with Crippen molar-refractivity contribution in [1.82, 2.24) is 9.62 Å². The van der Waals surface area contributed by atoms with E-state index in [-0.39, 0.29) is 38.8 Å². The molecule has 2 atom stereocenters. The summed E-state index contributed by atoms with van der Waals surface area (Å²) >= 11 is 7.42. The van der Waals surface area contributed by atoms with Gasteiger partial charge in [0.1, 0.15) is 4.90 Å². The van der Waals surface area contributed by atoms with Crippen LogP contribution >= 0.6 is 40.3 Å². The monoisotopic (exact) mass is 529 g/mol. The Hall–Kier alpha value is -0.850. The molecular formula is C17H25BrClN3O5S2. The van der Waals surface area contributed by atoms with Crippen LogP contribution in [0.4, 0.5) is 0 Å². The van der Waals surface area contributed by atoms with Crippen LogP contribution in [0, 0.1) is 0 Å². The van der Waals surface area contributed by atoms with Crippen molar-refractivity contribution in [2.24, 2.45) is 4.99 Å². The predicted octanol–water partition coefficient (Wildman–Crippen LogP) is 2.35. The number of benzene rings is 1. The second kappa shape index (κ2) is 10.5. The van der Waals surface area contributed by atoms with Crippen LogP contribution in [0.15, 0.2) is 28.1 Å². The van der Waals surface area contributed by atoms with Crippen LogP contribution in [0.2, 0.25) is 5.02 Å². The van der Waals surface area contributed by atoms with Gasteiger partial charge >= 0.3 is 0 Å². The lowest BCUT2D eigenvalue weighted by Gasteiger charge is -2.34. The molecule has 8 nitrogen and oxygen atoms in total. The predicted molar refractivity (Wildman–Crippen MR) is 120 cm³/mol. The quantitative estimate of drug-likeness (QED) is 0.557. The minimum atomic E-state index is -4.15. The maximum absolute atomic E-state index is 12.4. The molecule has 1 aromatic rings. The second-order valence-corrected chi connectivity index (χ2v) is 9.33. The van der Waals surface area contributed by atoms with Gasteiger partial charge in [-0.2, -0.15) is 0 Å². The molecule has 1 aromatic carbocycles. The SMILES string of the molecule is Br.CCN1C(=NCC(C)OC)SCC1(O)c1ccc(Cl)c(S(=O)(=O)NC(C)=O)c1. The van der Waals surface area contributed by atoms with Crippen LogP contribution in [0.1, 0.15) is 26.3 Å². The lowest BCUT2D eigenvalue weighted by molar-refractivity contribution is -0.117. The van der Waals surface area contributed by atoms with Gasteiger partial charge in [0.05, 0.1) is 23.4 Å². The Morgan fingerprint density at radius 3 is 2.72 bits per heavy atom. The van der Waals surface area contributed by atoms with E-state index in [1.54, 1.807) is 18.1 Å². The Labute approximate surface area is 190 Å². The number of sulfonamides is 1. The molecule has 0 radical (unpaired) electrons. The number of hydrogen-bond acceptors (Lipinski definition) is 7. The molecule has 1 fully saturated rings. The second-order valence-electron chi connectivity index (χ2n) is 6.33. The minimum Gasteiger partial charge on any atom is -0.380 e. The molecule has 1 aliphatic rings. The van der Waals surface area contributed by atoms with Gasteiger partial charge in [0, 0.05) is 26.1 Å². The number of methoxy groups -OCH3 is 1. The highest BCUT2D eigenvalue weighted by Crippen LogP contribution is 2.40. The fourth-order valence-electron chi connectivity index (χ4n) is 2.73. The van der Waals surface area contributed by atoms with Crippen LogP contribution < -0.4 is 4.72 Å². The summed E-state index contributed by atoms with van der Waals surface area (Å²) in [7, 11) is -2.54. The van der Waals surface area contributed by atoms with Crippen LogP contribution in [-0.4, -0.2) is 61.6 Å². The number of aliphatic imine (C=N–C) groups is 1. The molecule has 1 heterocycles. The number of halogens is 2. The molecular weight excluding hydrogens is 506 g/mol. The first kappa shape index (κ1) is 26.2. The van der Waals surface area contributed by atoms with Gasteiger partial charge < -0.3 is 14.7 Å². The molecule has 1 amide bonds. The first-order valence-electron chi connectivity index (χ1n) is 8.58. The average Bonchev–Trinajstić information content (AvgIpc) is 2.95. The summed E-state index contributed by atoms with van der Waals surface area (Å²) < 4.78 is 31.9. The fraction of sp³-hybridized carbons (Fsp3) is 0.529. The van der Waals surface area contributed by atoms with Crippen LogP contribution in [0.3, 0.4) is 0 Å². The third-order valence-electron chi connectivity index (χ3n) is 4.24. The van der Waals surface area contributed by atoms with Crippen molar-refractivity contribution in [3.05, 3.63) is 28.8 Å². The maximum Gasteiger partial charge on any atom is 0.265 e. The Balaban J connectivity index is 0.00000420. The van der Waals surface area contributed by atoms with Gasteiger partial charge in [0.15, 0.2) is 10.9 Å². The van der Waals surface area contributed by atoms with E-state index in [4.69, 9.17) is 16.3 Å². The summed E-state index contributed by atoms with van der Waals surface area (Å²) in [6.45, 7) is 5.76. The van der Waals surface area contributed by atoms with Crippen molar-refractivity contribution in [2.45, 2.75) is 37.5 Å². The van der Waals surface area contributed by atoms with E-state index in [9.17, 15) is 18.3 Å². The van der Waals surface area contributed by atoms with Gasteiger partial charge in [0.25, 0.3) is 10.0 Å². The van der Waals surface area contributed by atoms with Gasteiger partial charge in [-0.1, -0.05) is 29.4 Å². The number of carbonyl (C=O) groups excluding carboxylic acids is 1. The van der Waals surface area contributed by atoms with Crippen LogP contribution in [0.25, 0.3) is 0 Å². The molecule has 2 rings (SSSR count). The zero-order valence-electron chi connectivity index (χ0n) is 16.5. The molecule has 0 spiro atoms. The number of aliphatic hydroxyl groups is 1. The summed E-state index contributed by atoms with van der Waals surface area (Å²) in [6.07, 6.45) is -0.0644. The van der Waals surface area contributed by atoms with Gasteiger partial charge in [-0.05, 0) is 26.0 Å². The van der Waals surface area contributed by atoms with E-state index in [0.717, 1.165) is 6.92 Å². The van der Waals surface area contributed by atoms with Crippen molar-refractivity contribution in [3.8, 4) is 0 Å². The van der Waals surface area contributed by atoms with Gasteiger partial charge in [-0.3, -0.25) is 9.79 Å². The smallest absolute Gasteiger partial charge is 0.265 e. The molecule has 0 saturated carbocycles. The molecule has 29 heavy (non-hydrogen) atoms. The van der Waals surface area contributed by atoms with E-state index in [1.807, 2.05) is 18.6 Å². The van der Waals surface area contributed by atoms with E-state index in [0.29, 0.717) is 23.8 Å². The van der Waals surface area contributed by atoms with E-state index in [1.165, 1.54) is 23.9 Å². The molecule has 0 aromatic heterocycles. The summed E-state index contributed by atoms with van der Waals surface area (Å²) in [5.41, 5.74) is -1.11. The highest BCUT2D eigenvalue weighted by Gasteiger charge is 2.44. The lowest BCUT2D eigenvalue weighted by atomic mass is 10.0. The van der Waals surface area contributed by atoms with E-state index in [2.05, 4.69) is 4.99 Å². The molecule has 1 aliphatic heterocycles. The lowest BCUT2D eigenvalue weighted by Crippen LogP contribution is -2.45. The number of hydrogen-bond donors (Lipinski definition) is 2. The first-order valence-corrected chi connectivity index (χ1v) is 11.4. The zero-order chi connectivity index (χ0) is 21.1. The van der Waals surface area contributed by atoms with Crippen molar-refractivity contribution in [1.29, 1.82) is 0 Å². The summed E-state index contributed by atoms with van der Waals surface area (Å²) in [5.74, 6) is -0.462. The van der Waals surface area contributed by atoms with Crippen molar-refractivity contribution < 1.29 is 23.1 Å². The minimum absolute atomic E-state index is 0. The number of nitrogens with one attached hydrogen (secondary N) is 1. The van der Waals surface area contributed by atoms with Crippen LogP contribution in [-0.2, 0) is 25.3 Å². The molecule has 2 N–H and O–H groups in total. The van der Waals surface area contributed by atoms with Crippen LogP contribution in [0.5, 0.6) is 0 Å². The molecule has 12 heteroatoms.